The highest BCUT2D eigenvalue weighted by Gasteiger charge is 1.76. The van der Waals surface area contributed by atoms with Crippen molar-refractivity contribution in [1.29, 1.82) is 0 Å². The molecular formula is C5H11NO3. The van der Waals surface area contributed by atoms with Crippen molar-refractivity contribution < 1.29 is 14.7 Å². The summed E-state index contributed by atoms with van der Waals surface area (Å²) in [5.74, 6) is -0.801. The molecule has 0 aliphatic rings. The Kier molecular flexibility index (Phi) is 8.66. The fourth-order valence-electron chi connectivity index (χ4n) is 0. The van der Waals surface area contributed by atoms with Crippen molar-refractivity contribution in [2.24, 2.45) is 5.73 Å². The van der Waals surface area contributed by atoms with Crippen molar-refractivity contribution >= 4 is 11.8 Å². The lowest BCUT2D eigenvalue weighted by Crippen LogP contribution is -2.07. The molecule has 0 spiro atoms. The highest BCUT2D eigenvalue weighted by molar-refractivity contribution is 5.77. The average molecular weight is 133 g/mol. The Balaban J connectivity index is 0. The van der Waals surface area contributed by atoms with Gasteiger partial charge >= 0.3 is 0 Å². The van der Waals surface area contributed by atoms with E-state index in [9.17, 15) is 4.79 Å². The lowest BCUT2D eigenvalue weighted by molar-refractivity contribution is -0.134. The average Bonchev–Trinajstić information content (AvgIpc) is 1.65. The summed E-state index contributed by atoms with van der Waals surface area (Å²) in [5, 5.41) is 7.42. The molecule has 0 aromatic carbocycles. The molecule has 0 amide bonds. The summed E-state index contributed by atoms with van der Waals surface area (Å²) < 4.78 is 0. The molecule has 0 aliphatic carbocycles. The number of hydrogen-bond acceptors (Lipinski definition) is 3. The second-order valence-corrected chi connectivity index (χ2v) is 1.43. The van der Waals surface area contributed by atoms with E-state index in [1.807, 2.05) is 0 Å². The number of carbonyl (C=O) groups excluding carboxylic acids is 1. The largest absolute Gasteiger partial charge is 0.481 e. The molecule has 0 heterocycles. The van der Waals surface area contributed by atoms with Crippen LogP contribution in [0.5, 0.6) is 0 Å². The van der Waals surface area contributed by atoms with Gasteiger partial charge in [0.15, 0.2) is 0 Å². The number of carboxylic acids is 1. The zero-order chi connectivity index (χ0) is 7.86. The highest BCUT2D eigenvalue weighted by atomic mass is 16.4. The van der Waals surface area contributed by atoms with Crippen molar-refractivity contribution in [3.05, 3.63) is 0 Å². The maximum Gasteiger partial charge on any atom is 0.300 e. The fraction of sp³-hybridized carbons (Fsp3) is 0.600. The molecule has 3 N–H and O–H groups in total. The Labute approximate surface area is 53.7 Å². The van der Waals surface area contributed by atoms with Gasteiger partial charge in [-0.25, -0.2) is 0 Å². The van der Waals surface area contributed by atoms with Gasteiger partial charge in [-0.15, -0.1) is 0 Å². The molecule has 0 atom stereocenters. The molecule has 0 aromatic heterocycles. The van der Waals surface area contributed by atoms with Crippen LogP contribution in [0.3, 0.4) is 0 Å². The van der Waals surface area contributed by atoms with Gasteiger partial charge in [-0.2, -0.15) is 0 Å². The van der Waals surface area contributed by atoms with E-state index in [-0.39, 0.29) is 12.3 Å². The van der Waals surface area contributed by atoms with Crippen LogP contribution in [0.1, 0.15) is 13.8 Å². The lowest BCUT2D eigenvalue weighted by Gasteiger charge is -1.73. The van der Waals surface area contributed by atoms with Gasteiger partial charge in [0, 0.05) is 6.92 Å². The predicted octanol–water partition coefficient (Wildman–Crippen LogP) is -0.375. The monoisotopic (exact) mass is 133 g/mol. The van der Waals surface area contributed by atoms with Crippen molar-refractivity contribution in [3.8, 4) is 0 Å². The first-order valence-electron chi connectivity index (χ1n) is 2.39. The first kappa shape index (κ1) is 11.0. The number of hydrogen-bond donors (Lipinski definition) is 2. The molecular weight excluding hydrogens is 122 g/mol. The maximum atomic E-state index is 9.69. The number of carbonyl (C=O) groups is 2. The van der Waals surface area contributed by atoms with Gasteiger partial charge < -0.3 is 10.8 Å². The molecule has 0 aromatic rings. The third kappa shape index (κ3) is 153. The zero-order valence-corrected chi connectivity index (χ0v) is 5.55. The molecule has 4 heteroatoms. The van der Waals surface area contributed by atoms with Gasteiger partial charge in [0.2, 0.25) is 0 Å². The van der Waals surface area contributed by atoms with E-state index < -0.39 is 5.97 Å². The van der Waals surface area contributed by atoms with E-state index in [2.05, 4.69) is 0 Å². The van der Waals surface area contributed by atoms with Gasteiger partial charge in [-0.3, -0.25) is 9.59 Å². The van der Waals surface area contributed by atoms with E-state index >= 15 is 0 Å². The van der Waals surface area contributed by atoms with Crippen molar-refractivity contribution in [2.45, 2.75) is 13.8 Å². The third-order valence-corrected chi connectivity index (χ3v) is 0.287. The molecule has 9 heavy (non-hydrogen) atoms. The fourth-order valence-corrected chi connectivity index (χ4v) is 0. The summed E-state index contributed by atoms with van der Waals surface area (Å²) in [4.78, 5) is 18.7. The minimum absolute atomic E-state index is 0.0324. The molecule has 0 bridgehead atoms. The van der Waals surface area contributed by atoms with Crippen molar-refractivity contribution in [2.75, 3.05) is 6.54 Å². The number of rotatable bonds is 1. The Hall–Kier alpha value is -0.900. The lowest BCUT2D eigenvalue weighted by atomic mass is 10.5. The summed E-state index contributed by atoms with van der Waals surface area (Å²) in [7, 11) is 0. The Morgan fingerprint density at radius 2 is 1.56 bits per heavy atom. The SMILES string of the molecule is CC(=O)CN.CC(=O)O. The van der Waals surface area contributed by atoms with E-state index in [0.717, 1.165) is 6.92 Å². The topological polar surface area (TPSA) is 80.4 Å². The van der Waals surface area contributed by atoms with Crippen LogP contribution in [0.15, 0.2) is 0 Å². The van der Waals surface area contributed by atoms with E-state index in [4.69, 9.17) is 15.6 Å². The number of Topliss-reactive ketones (excluding diaryl/α,β-unsaturated/α-hetero) is 1. The van der Waals surface area contributed by atoms with Crippen LogP contribution in [-0.4, -0.2) is 23.4 Å². The first-order chi connectivity index (χ1) is 4.00. The standard InChI is InChI=1S/C3H7NO.C2H4O2/c1-3(5)2-4;1-2(3)4/h2,4H2,1H3;1H3,(H,3,4). The van der Waals surface area contributed by atoms with Gasteiger partial charge in [-0.05, 0) is 6.92 Å². The molecule has 54 valence electrons. The molecule has 0 aliphatic heterocycles. The summed E-state index contributed by atoms with van der Waals surface area (Å²) in [5.41, 5.74) is 4.82. The molecule has 0 saturated heterocycles. The van der Waals surface area contributed by atoms with Gasteiger partial charge in [0.05, 0.1) is 6.54 Å². The van der Waals surface area contributed by atoms with Crippen LogP contribution in [0, 0.1) is 0 Å². The minimum atomic E-state index is -0.833. The van der Waals surface area contributed by atoms with Crippen LogP contribution in [-0.2, 0) is 9.59 Å². The smallest absolute Gasteiger partial charge is 0.300 e. The van der Waals surface area contributed by atoms with Crippen LogP contribution < -0.4 is 5.73 Å². The quantitative estimate of drug-likeness (QED) is 0.511. The van der Waals surface area contributed by atoms with E-state index in [1.165, 1.54) is 6.92 Å². The molecule has 0 rings (SSSR count). The zero-order valence-electron chi connectivity index (χ0n) is 5.55. The van der Waals surface area contributed by atoms with Gasteiger partial charge in [0.1, 0.15) is 5.78 Å². The van der Waals surface area contributed by atoms with Crippen molar-refractivity contribution in [1.82, 2.24) is 0 Å². The number of aliphatic carboxylic acids is 1. The first-order valence-corrected chi connectivity index (χ1v) is 2.39. The predicted molar refractivity (Wildman–Crippen MR) is 33.0 cm³/mol. The third-order valence-electron chi connectivity index (χ3n) is 0.287. The molecule has 0 saturated carbocycles. The van der Waals surface area contributed by atoms with Crippen LogP contribution in [0.25, 0.3) is 0 Å². The summed E-state index contributed by atoms with van der Waals surface area (Å²) >= 11 is 0. The minimum Gasteiger partial charge on any atom is -0.481 e. The van der Waals surface area contributed by atoms with Crippen molar-refractivity contribution in [3.63, 3.8) is 0 Å². The van der Waals surface area contributed by atoms with Crippen LogP contribution in [0.2, 0.25) is 0 Å². The molecule has 0 fully saturated rings. The summed E-state index contributed by atoms with van der Waals surface area (Å²) in [6.07, 6.45) is 0. The van der Waals surface area contributed by atoms with E-state index in [1.54, 1.807) is 0 Å². The van der Waals surface area contributed by atoms with Gasteiger partial charge in [0.25, 0.3) is 5.97 Å². The number of ketones is 1. The van der Waals surface area contributed by atoms with Gasteiger partial charge in [-0.1, -0.05) is 0 Å². The summed E-state index contributed by atoms with van der Waals surface area (Å²) in [6.45, 7) is 2.71. The number of carboxylic acid groups (broad SMARTS) is 1. The Morgan fingerprint density at radius 1 is 1.44 bits per heavy atom. The van der Waals surface area contributed by atoms with Crippen LogP contribution in [0.4, 0.5) is 0 Å². The Morgan fingerprint density at radius 3 is 1.56 bits per heavy atom. The highest BCUT2D eigenvalue weighted by Crippen LogP contribution is 1.51. The molecule has 0 unspecified atom stereocenters. The second kappa shape index (κ2) is 7.10. The maximum absolute atomic E-state index is 9.69. The summed E-state index contributed by atoms with van der Waals surface area (Å²) in [6, 6.07) is 0. The Bertz CT molecular complexity index is 96.4. The molecule has 0 radical (unpaired) electrons. The number of nitrogens with two attached hydrogens (primary N) is 1. The molecule has 4 nitrogen and oxygen atoms in total. The van der Waals surface area contributed by atoms with Crippen LogP contribution >= 0.6 is 0 Å². The van der Waals surface area contributed by atoms with E-state index in [0.29, 0.717) is 0 Å². The normalized spacial score (nSPS) is 7.00. The second-order valence-electron chi connectivity index (χ2n) is 1.43.